The molecule has 16 nitrogen and oxygen atoms in total. The number of phenolic OH excluding ortho intramolecular Hbond substituents is 3. The molecule has 6 heterocycles. The molecule has 0 aliphatic carbocycles. The third kappa shape index (κ3) is 7.61. The summed E-state index contributed by atoms with van der Waals surface area (Å²) in [6, 6.07) is 16.7. The molecule has 64 heavy (non-hydrogen) atoms. The topological polar surface area (TPSA) is 219 Å². The van der Waals surface area contributed by atoms with Crippen molar-refractivity contribution in [2.45, 2.75) is 84.5 Å². The van der Waals surface area contributed by atoms with E-state index in [1.807, 2.05) is 27.8 Å². The van der Waals surface area contributed by atoms with Gasteiger partial charge in [0.05, 0.1) is 46.2 Å². The minimum atomic E-state index is -1.68. The number of hydrogen-bond donors (Lipinski definition) is 4. The molecule has 1 saturated heterocycles. The standard InChI is InChI=1S/C29H31N3O6.C19H19N3O4/c1-4-18-19-12-17(33)6-7-23(19)30-25-20(18)14-32-24(25)13-22-21(26(32)34)15-37-28(36)29(22,5-2)38-27(35)16-8-10-31(3)11-9-16;1-11(2)14-9-15(17(25)10-16(14)24)18-20-21-19(26)22(18)13-5-3-12(4-6-13)7-8-23/h6-7,12-13,16,33H,4-5,8-11,14-15H2,1-3H3;3-6,8-11,24-25H,7H2,1-2H3,(H,21,26). The van der Waals surface area contributed by atoms with Gasteiger partial charge in [-0.3, -0.25) is 9.59 Å². The van der Waals surface area contributed by atoms with Crippen LogP contribution in [0.15, 0.2) is 70.3 Å². The average molecular weight is 871 g/mol. The van der Waals surface area contributed by atoms with Crippen molar-refractivity contribution in [3.8, 4) is 45.7 Å². The maximum atomic E-state index is 13.8. The molecule has 0 amide bonds. The van der Waals surface area contributed by atoms with Crippen molar-refractivity contribution in [2.75, 3.05) is 20.1 Å². The molecule has 3 aromatic carbocycles. The average Bonchev–Trinajstić information content (AvgIpc) is 3.84. The van der Waals surface area contributed by atoms with Crippen molar-refractivity contribution < 1.29 is 39.2 Å². The van der Waals surface area contributed by atoms with Crippen LogP contribution in [-0.2, 0) is 55.5 Å². The Kier molecular flexibility index (Phi) is 11.7. The van der Waals surface area contributed by atoms with Gasteiger partial charge in [-0.15, -0.1) is 0 Å². The largest absolute Gasteiger partial charge is 0.508 e. The van der Waals surface area contributed by atoms with E-state index in [0.29, 0.717) is 77.1 Å². The number of H-pyrrole nitrogens is 1. The van der Waals surface area contributed by atoms with Crippen LogP contribution in [-0.4, -0.2) is 82.9 Å². The van der Waals surface area contributed by atoms with Gasteiger partial charge in [0.25, 0.3) is 5.56 Å². The first-order valence-corrected chi connectivity index (χ1v) is 21.5. The van der Waals surface area contributed by atoms with Crippen LogP contribution >= 0.6 is 0 Å². The number of rotatable bonds is 9. The van der Waals surface area contributed by atoms with Gasteiger partial charge in [-0.05, 0) is 111 Å². The van der Waals surface area contributed by atoms with Crippen LogP contribution in [0.25, 0.3) is 39.4 Å². The Labute approximate surface area is 367 Å². The van der Waals surface area contributed by atoms with Crippen molar-refractivity contribution in [1.82, 2.24) is 29.2 Å². The number of esters is 2. The molecule has 0 saturated carbocycles. The molecule has 3 aromatic heterocycles. The molecule has 1 fully saturated rings. The first-order valence-electron chi connectivity index (χ1n) is 21.5. The van der Waals surface area contributed by atoms with Gasteiger partial charge < -0.3 is 39.1 Å². The fourth-order valence-electron chi connectivity index (χ4n) is 9.04. The Bertz CT molecular complexity index is 2940. The fourth-order valence-corrected chi connectivity index (χ4v) is 9.04. The van der Waals surface area contributed by atoms with Crippen LogP contribution in [0.5, 0.6) is 17.2 Å². The summed E-state index contributed by atoms with van der Waals surface area (Å²) >= 11 is 0. The summed E-state index contributed by atoms with van der Waals surface area (Å²) in [7, 11) is 2.01. The van der Waals surface area contributed by atoms with Gasteiger partial charge in [0.2, 0.25) is 5.60 Å². The van der Waals surface area contributed by atoms with E-state index in [9.17, 15) is 39.3 Å². The quantitative estimate of drug-likeness (QED) is 0.101. The summed E-state index contributed by atoms with van der Waals surface area (Å²) in [5.74, 6) is -1.15. The zero-order chi connectivity index (χ0) is 45.6. The Balaban J connectivity index is 0.000000189. The first kappa shape index (κ1) is 43.6. The third-order valence-electron chi connectivity index (χ3n) is 12.6. The van der Waals surface area contributed by atoms with Gasteiger partial charge >= 0.3 is 17.6 Å². The molecule has 1 unspecified atom stereocenters. The van der Waals surface area contributed by atoms with E-state index in [1.54, 1.807) is 66.1 Å². The van der Waals surface area contributed by atoms with Gasteiger partial charge in [-0.2, -0.15) is 5.10 Å². The number of carbonyl (C=O) groups is 3. The van der Waals surface area contributed by atoms with Crippen LogP contribution in [0.4, 0.5) is 0 Å². The van der Waals surface area contributed by atoms with Crippen LogP contribution < -0.4 is 11.2 Å². The second-order valence-corrected chi connectivity index (χ2v) is 16.8. The number of ether oxygens (including phenoxy) is 2. The highest BCUT2D eigenvalue weighted by molar-refractivity contribution is 5.91. The minimum Gasteiger partial charge on any atom is -0.508 e. The number of carbonyl (C=O) groups excluding carboxylic acids is 3. The van der Waals surface area contributed by atoms with Gasteiger partial charge in [-0.1, -0.05) is 39.8 Å². The van der Waals surface area contributed by atoms with Crippen LogP contribution in [0.2, 0.25) is 0 Å². The van der Waals surface area contributed by atoms with Crippen LogP contribution in [0.3, 0.4) is 0 Å². The van der Waals surface area contributed by atoms with E-state index in [4.69, 9.17) is 14.5 Å². The number of aryl methyl sites for hydroxylation is 1. The smallest absolute Gasteiger partial charge is 0.355 e. The van der Waals surface area contributed by atoms with E-state index in [0.717, 1.165) is 41.5 Å². The maximum Gasteiger partial charge on any atom is 0.355 e. The van der Waals surface area contributed by atoms with E-state index < -0.39 is 23.2 Å². The number of likely N-dealkylation sites (tertiary alicyclic amines) is 1. The normalized spacial score (nSPS) is 17.0. The Morgan fingerprint density at radius 2 is 1.72 bits per heavy atom. The number of aromatic nitrogens is 5. The summed E-state index contributed by atoms with van der Waals surface area (Å²) < 4.78 is 14.5. The lowest BCUT2D eigenvalue weighted by Crippen LogP contribution is -2.49. The number of fused-ring (bicyclic) bond motifs is 5. The molecule has 16 heteroatoms. The predicted octanol–water partition coefficient (Wildman–Crippen LogP) is 5.74. The molecule has 3 aliphatic rings. The highest BCUT2D eigenvalue weighted by Gasteiger charge is 2.51. The second kappa shape index (κ2) is 17.2. The number of nitrogens with zero attached hydrogens (tertiary/aromatic N) is 5. The number of cyclic esters (lactones) is 1. The molecule has 0 spiro atoms. The molecule has 332 valence electrons. The minimum absolute atomic E-state index is 0.0103. The number of piperidine rings is 1. The summed E-state index contributed by atoms with van der Waals surface area (Å²) in [5.41, 5.74) is 4.59. The van der Waals surface area contributed by atoms with E-state index in [-0.39, 0.29) is 53.5 Å². The predicted molar refractivity (Wildman–Crippen MR) is 236 cm³/mol. The number of aromatic amines is 1. The maximum absolute atomic E-state index is 13.8. The van der Waals surface area contributed by atoms with Gasteiger partial charge in [-0.25, -0.2) is 24.2 Å². The Hall–Kier alpha value is -7.07. The number of phenols is 3. The van der Waals surface area contributed by atoms with Crippen LogP contribution in [0.1, 0.15) is 86.3 Å². The lowest BCUT2D eigenvalue weighted by atomic mass is 9.85. The summed E-state index contributed by atoms with van der Waals surface area (Å²) in [5, 5.41) is 37.7. The number of pyridine rings is 2. The number of hydrogen-bond acceptors (Lipinski definition) is 13. The molecular weight excluding hydrogens is 821 g/mol. The molecule has 4 N–H and O–H groups in total. The molecule has 0 bridgehead atoms. The van der Waals surface area contributed by atoms with Crippen molar-refractivity contribution in [1.29, 1.82) is 0 Å². The highest BCUT2D eigenvalue weighted by atomic mass is 16.6. The Morgan fingerprint density at radius 1 is 0.984 bits per heavy atom. The lowest BCUT2D eigenvalue weighted by molar-refractivity contribution is -0.192. The zero-order valence-corrected chi connectivity index (χ0v) is 36.3. The van der Waals surface area contributed by atoms with E-state index >= 15 is 0 Å². The molecule has 6 aromatic rings. The zero-order valence-electron chi connectivity index (χ0n) is 36.3. The Morgan fingerprint density at radius 3 is 2.39 bits per heavy atom. The third-order valence-corrected chi connectivity index (χ3v) is 12.6. The van der Waals surface area contributed by atoms with Gasteiger partial charge in [0.15, 0.2) is 5.82 Å². The fraction of sp³-hybridized carbons (Fsp3) is 0.354. The van der Waals surface area contributed by atoms with Crippen molar-refractivity contribution in [3.63, 3.8) is 0 Å². The molecule has 9 rings (SSSR count). The van der Waals surface area contributed by atoms with E-state index in [1.165, 1.54) is 10.6 Å². The van der Waals surface area contributed by atoms with Crippen molar-refractivity contribution in [3.05, 3.63) is 115 Å². The molecule has 1 atom stereocenters. The van der Waals surface area contributed by atoms with Gasteiger partial charge in [0, 0.05) is 29.0 Å². The summed E-state index contributed by atoms with van der Waals surface area (Å²) in [6.45, 7) is 9.36. The molecular formula is C48H50N6O10. The van der Waals surface area contributed by atoms with Gasteiger partial charge in [0.1, 0.15) is 30.1 Å². The molecule has 3 aliphatic heterocycles. The highest BCUT2D eigenvalue weighted by Crippen LogP contribution is 2.43. The van der Waals surface area contributed by atoms with E-state index in [2.05, 4.69) is 15.1 Å². The van der Waals surface area contributed by atoms with Crippen molar-refractivity contribution >= 4 is 29.1 Å². The summed E-state index contributed by atoms with van der Waals surface area (Å²) in [4.78, 5) is 70.3. The summed E-state index contributed by atoms with van der Waals surface area (Å²) in [6.07, 6.45) is 3.27. The molecule has 0 radical (unpaired) electrons. The number of nitrogens with one attached hydrogen (secondary N) is 1. The van der Waals surface area contributed by atoms with Crippen molar-refractivity contribution in [2.24, 2.45) is 5.92 Å². The SMILES string of the molecule is CC(C)c1cc(-c2n[nH]c(=O)n2-c2ccc(CC=O)cc2)c(O)cc1O.CCc1c2c(nc3ccc(O)cc13)-c1cc3c(c(=O)n1C2)COC(=O)C3(CC)OC(=O)C1CCN(C)CC1. The number of aromatic hydroxyl groups is 3. The lowest BCUT2D eigenvalue weighted by Gasteiger charge is -2.37. The number of aldehydes is 1. The van der Waals surface area contributed by atoms with Crippen LogP contribution in [0, 0.1) is 5.92 Å². The monoisotopic (exact) mass is 870 g/mol. The first-order chi connectivity index (χ1) is 30.7. The number of benzene rings is 3. The second-order valence-electron chi connectivity index (χ2n) is 16.8.